The molecular weight excluding hydrogens is 364 g/mol. The zero-order valence-electron chi connectivity index (χ0n) is 11.6. The number of nitro groups is 1. The van der Waals surface area contributed by atoms with Crippen LogP contribution in [0.4, 0.5) is 11.4 Å². The summed E-state index contributed by atoms with van der Waals surface area (Å²) in [5, 5.41) is 29.0. The van der Waals surface area contributed by atoms with Gasteiger partial charge in [-0.25, -0.2) is 13.2 Å². The van der Waals surface area contributed by atoms with E-state index in [0.717, 1.165) is 36.4 Å². The molecule has 0 aliphatic carbocycles. The zero-order chi connectivity index (χ0) is 18.1. The van der Waals surface area contributed by atoms with E-state index in [1.54, 1.807) is 0 Å². The number of rotatable bonds is 5. The number of sulfonamides is 1. The minimum Gasteiger partial charge on any atom is -0.507 e. The molecule has 2 aromatic rings. The van der Waals surface area contributed by atoms with Gasteiger partial charge in [0.1, 0.15) is 16.3 Å². The molecule has 11 heteroatoms. The molecule has 9 nitrogen and oxygen atoms in total. The van der Waals surface area contributed by atoms with Gasteiger partial charge in [-0.15, -0.1) is 0 Å². The van der Waals surface area contributed by atoms with Crippen molar-refractivity contribution in [2.45, 2.75) is 4.90 Å². The Hall–Kier alpha value is -2.85. The van der Waals surface area contributed by atoms with E-state index in [4.69, 9.17) is 16.7 Å². The number of carboxylic acid groups (broad SMARTS) is 1. The lowest BCUT2D eigenvalue weighted by molar-refractivity contribution is -0.384. The molecule has 24 heavy (non-hydrogen) atoms. The van der Waals surface area contributed by atoms with Crippen LogP contribution in [0.3, 0.4) is 0 Å². The quantitative estimate of drug-likeness (QED) is 0.539. The SMILES string of the molecule is O=C(O)c1ccc(NS(=O)(=O)c2ccc(Cl)c([N+](=O)[O-])c2)cc1O. The number of benzene rings is 2. The fourth-order valence-corrected chi connectivity index (χ4v) is 3.05. The standard InChI is InChI=1S/C13H9ClN2O7S/c14-10-4-2-8(6-11(10)16(20)21)24(22,23)15-7-1-3-9(13(18)19)12(17)5-7/h1-6,15,17H,(H,18,19). The van der Waals surface area contributed by atoms with Gasteiger partial charge in [-0.1, -0.05) is 11.6 Å². The van der Waals surface area contributed by atoms with Crippen LogP contribution < -0.4 is 4.72 Å². The topological polar surface area (TPSA) is 147 Å². The Morgan fingerprint density at radius 3 is 2.42 bits per heavy atom. The molecule has 0 heterocycles. The van der Waals surface area contributed by atoms with Gasteiger partial charge in [0, 0.05) is 12.1 Å². The minimum absolute atomic E-state index is 0.116. The number of halogens is 1. The molecule has 0 bridgehead atoms. The minimum atomic E-state index is -4.21. The van der Waals surface area contributed by atoms with Gasteiger partial charge in [0.25, 0.3) is 15.7 Å². The first-order valence-corrected chi connectivity index (χ1v) is 8.01. The van der Waals surface area contributed by atoms with Gasteiger partial charge in [0.2, 0.25) is 0 Å². The van der Waals surface area contributed by atoms with Crippen molar-refractivity contribution in [1.82, 2.24) is 0 Å². The Labute approximate surface area is 140 Å². The Kier molecular flexibility index (Phi) is 4.62. The smallest absolute Gasteiger partial charge is 0.339 e. The molecule has 0 fully saturated rings. The predicted octanol–water partition coefficient (Wildman–Crippen LogP) is 2.45. The van der Waals surface area contributed by atoms with Gasteiger partial charge < -0.3 is 10.2 Å². The summed E-state index contributed by atoms with van der Waals surface area (Å²) in [6, 6.07) is 5.98. The molecule has 3 N–H and O–H groups in total. The van der Waals surface area contributed by atoms with Gasteiger partial charge in [0.15, 0.2) is 0 Å². The molecule has 0 atom stereocenters. The van der Waals surface area contributed by atoms with E-state index in [9.17, 15) is 28.4 Å². The molecule has 0 radical (unpaired) electrons. The number of hydrogen-bond acceptors (Lipinski definition) is 6. The van der Waals surface area contributed by atoms with Crippen molar-refractivity contribution in [1.29, 1.82) is 0 Å². The highest BCUT2D eigenvalue weighted by molar-refractivity contribution is 7.92. The van der Waals surface area contributed by atoms with Crippen LogP contribution >= 0.6 is 11.6 Å². The van der Waals surface area contributed by atoms with Crippen molar-refractivity contribution in [3.63, 3.8) is 0 Å². The van der Waals surface area contributed by atoms with E-state index in [1.807, 2.05) is 0 Å². The summed E-state index contributed by atoms with van der Waals surface area (Å²) in [5.41, 5.74) is -1.10. The Balaban J connectivity index is 2.39. The predicted molar refractivity (Wildman–Crippen MR) is 84.0 cm³/mol. The largest absolute Gasteiger partial charge is 0.507 e. The third-order valence-electron chi connectivity index (χ3n) is 2.90. The average Bonchev–Trinajstić information content (AvgIpc) is 2.46. The normalized spacial score (nSPS) is 11.0. The summed E-state index contributed by atoms with van der Waals surface area (Å²) < 4.78 is 26.6. The summed E-state index contributed by atoms with van der Waals surface area (Å²) in [5.74, 6) is -2.01. The van der Waals surface area contributed by atoms with Crippen LogP contribution in [0.15, 0.2) is 41.3 Å². The Morgan fingerprint density at radius 2 is 1.88 bits per heavy atom. The lowest BCUT2D eigenvalue weighted by Crippen LogP contribution is -2.13. The molecule has 0 saturated heterocycles. The summed E-state index contributed by atoms with van der Waals surface area (Å²) in [6.45, 7) is 0. The molecule has 2 rings (SSSR count). The van der Waals surface area contributed by atoms with Crippen LogP contribution in [0.2, 0.25) is 5.02 Å². The monoisotopic (exact) mass is 372 g/mol. The second kappa shape index (κ2) is 6.34. The summed E-state index contributed by atoms with van der Waals surface area (Å²) in [4.78, 5) is 20.4. The molecule has 126 valence electrons. The first-order chi connectivity index (χ1) is 11.1. The number of aromatic carboxylic acids is 1. The number of nitrogens with zero attached hydrogens (tertiary/aromatic N) is 1. The first kappa shape index (κ1) is 17.5. The highest BCUT2D eigenvalue weighted by Gasteiger charge is 2.21. The van der Waals surface area contributed by atoms with E-state index >= 15 is 0 Å². The summed E-state index contributed by atoms with van der Waals surface area (Å²) in [6.07, 6.45) is 0. The molecule has 0 spiro atoms. The second-order valence-electron chi connectivity index (χ2n) is 4.51. The van der Waals surface area contributed by atoms with Gasteiger partial charge in [-0.3, -0.25) is 14.8 Å². The number of carbonyl (C=O) groups is 1. The Morgan fingerprint density at radius 1 is 1.21 bits per heavy atom. The van der Waals surface area contributed by atoms with Crippen molar-refractivity contribution in [2.75, 3.05) is 4.72 Å². The van der Waals surface area contributed by atoms with Gasteiger partial charge >= 0.3 is 5.97 Å². The fraction of sp³-hybridized carbons (Fsp3) is 0. The van der Waals surface area contributed by atoms with Crippen molar-refractivity contribution in [2.24, 2.45) is 0 Å². The number of hydrogen-bond donors (Lipinski definition) is 3. The van der Waals surface area contributed by atoms with Crippen LogP contribution in [0.25, 0.3) is 0 Å². The average molecular weight is 373 g/mol. The molecule has 0 aliphatic rings. The third kappa shape index (κ3) is 3.55. The lowest BCUT2D eigenvalue weighted by Gasteiger charge is -2.09. The highest BCUT2D eigenvalue weighted by Crippen LogP contribution is 2.29. The van der Waals surface area contributed by atoms with E-state index < -0.39 is 42.8 Å². The molecule has 0 aliphatic heterocycles. The second-order valence-corrected chi connectivity index (χ2v) is 6.60. The number of aromatic hydroxyl groups is 1. The maximum Gasteiger partial charge on any atom is 0.339 e. The van der Waals surface area contributed by atoms with Crippen molar-refractivity contribution >= 4 is 39.0 Å². The number of phenols is 1. The molecule has 0 aromatic heterocycles. The first-order valence-electron chi connectivity index (χ1n) is 6.15. The molecule has 0 unspecified atom stereocenters. The maximum atomic E-state index is 12.2. The third-order valence-corrected chi connectivity index (χ3v) is 4.60. The molecule has 2 aromatic carbocycles. The number of nitrogens with one attached hydrogen (secondary N) is 1. The van der Waals surface area contributed by atoms with Crippen LogP contribution in [0.1, 0.15) is 10.4 Å². The van der Waals surface area contributed by atoms with Crippen LogP contribution in [-0.4, -0.2) is 29.5 Å². The molecule has 0 saturated carbocycles. The van der Waals surface area contributed by atoms with E-state index in [0.29, 0.717) is 0 Å². The van der Waals surface area contributed by atoms with Crippen LogP contribution in [-0.2, 0) is 10.0 Å². The Bertz CT molecular complexity index is 943. The van der Waals surface area contributed by atoms with Crippen molar-refractivity contribution in [3.05, 3.63) is 57.1 Å². The number of nitro benzene ring substituents is 1. The summed E-state index contributed by atoms with van der Waals surface area (Å²) >= 11 is 5.62. The zero-order valence-corrected chi connectivity index (χ0v) is 13.2. The fourth-order valence-electron chi connectivity index (χ4n) is 1.79. The highest BCUT2D eigenvalue weighted by atomic mass is 35.5. The maximum absolute atomic E-state index is 12.2. The molecule has 0 amide bonds. The van der Waals surface area contributed by atoms with E-state index in [2.05, 4.69) is 4.72 Å². The molecular formula is C13H9ClN2O7S. The van der Waals surface area contributed by atoms with Gasteiger partial charge in [-0.2, -0.15) is 0 Å². The summed E-state index contributed by atoms with van der Waals surface area (Å²) in [7, 11) is -4.21. The van der Waals surface area contributed by atoms with E-state index in [1.165, 1.54) is 0 Å². The van der Waals surface area contributed by atoms with Gasteiger partial charge in [0.05, 0.1) is 15.5 Å². The van der Waals surface area contributed by atoms with Crippen LogP contribution in [0.5, 0.6) is 5.75 Å². The van der Waals surface area contributed by atoms with Gasteiger partial charge in [-0.05, 0) is 24.3 Å². The van der Waals surface area contributed by atoms with Crippen molar-refractivity contribution in [3.8, 4) is 5.75 Å². The van der Waals surface area contributed by atoms with E-state index in [-0.39, 0.29) is 10.7 Å². The number of anilines is 1. The number of carboxylic acids is 1. The lowest BCUT2D eigenvalue weighted by atomic mass is 10.2. The van der Waals surface area contributed by atoms with Crippen molar-refractivity contribution < 1.29 is 28.3 Å². The van der Waals surface area contributed by atoms with Crippen LogP contribution in [0, 0.1) is 10.1 Å².